The van der Waals surface area contributed by atoms with E-state index >= 15 is 0 Å². The molecule has 2 aromatic rings. The fraction of sp³-hybridized carbons (Fsp3) is 0.286. The molecule has 0 unspecified atom stereocenters. The van der Waals surface area contributed by atoms with Gasteiger partial charge in [0.15, 0.2) is 17.3 Å². The maximum absolute atomic E-state index is 12.0. The van der Waals surface area contributed by atoms with Crippen LogP contribution in [-0.2, 0) is 11.2 Å². The minimum absolute atomic E-state index is 0.151. The summed E-state index contributed by atoms with van der Waals surface area (Å²) in [6, 6.07) is 16.0. The lowest BCUT2D eigenvalue weighted by Crippen LogP contribution is -1.94. The second-order valence-corrected chi connectivity index (χ2v) is 5.61. The van der Waals surface area contributed by atoms with Crippen LogP contribution in [0.1, 0.15) is 30.4 Å². The zero-order valence-corrected chi connectivity index (χ0v) is 14.3. The van der Waals surface area contributed by atoms with Crippen molar-refractivity contribution in [3.8, 4) is 11.5 Å². The number of carbonyl (C=O) groups is 1. The third-order valence-corrected chi connectivity index (χ3v) is 3.85. The number of unbranched alkanes of at least 4 members (excludes halogenated alkanes) is 1. The van der Waals surface area contributed by atoms with Gasteiger partial charge in [-0.2, -0.15) is 0 Å². The quantitative estimate of drug-likeness (QED) is 0.495. The maximum Gasteiger partial charge on any atom is 0.161 e. The van der Waals surface area contributed by atoms with Crippen molar-refractivity contribution in [3.05, 3.63) is 65.7 Å². The van der Waals surface area contributed by atoms with E-state index in [-0.39, 0.29) is 5.78 Å². The summed E-state index contributed by atoms with van der Waals surface area (Å²) in [5.74, 6) is 1.50. The van der Waals surface area contributed by atoms with Crippen molar-refractivity contribution < 1.29 is 14.3 Å². The van der Waals surface area contributed by atoms with Gasteiger partial charge in [-0.1, -0.05) is 42.5 Å². The monoisotopic (exact) mass is 324 g/mol. The topological polar surface area (TPSA) is 35.5 Å². The molecule has 0 aromatic heterocycles. The Balaban J connectivity index is 1.78. The van der Waals surface area contributed by atoms with E-state index in [1.807, 2.05) is 42.5 Å². The summed E-state index contributed by atoms with van der Waals surface area (Å²) >= 11 is 0. The smallest absolute Gasteiger partial charge is 0.161 e. The molecule has 0 fully saturated rings. The van der Waals surface area contributed by atoms with E-state index in [0.29, 0.717) is 17.9 Å². The van der Waals surface area contributed by atoms with Gasteiger partial charge in [0.05, 0.1) is 14.2 Å². The van der Waals surface area contributed by atoms with Crippen LogP contribution in [0.3, 0.4) is 0 Å². The van der Waals surface area contributed by atoms with E-state index in [2.05, 4.69) is 12.1 Å². The van der Waals surface area contributed by atoms with Crippen molar-refractivity contribution in [1.82, 2.24) is 0 Å². The number of aryl methyl sites for hydroxylation is 1. The largest absolute Gasteiger partial charge is 0.493 e. The molecule has 0 saturated carbocycles. The zero-order valence-electron chi connectivity index (χ0n) is 14.3. The summed E-state index contributed by atoms with van der Waals surface area (Å²) in [6.45, 7) is 0. The summed E-state index contributed by atoms with van der Waals surface area (Å²) in [5, 5.41) is 0. The van der Waals surface area contributed by atoms with Crippen LogP contribution in [0.5, 0.6) is 11.5 Å². The highest BCUT2D eigenvalue weighted by Crippen LogP contribution is 2.27. The molecule has 0 amide bonds. The molecule has 0 radical (unpaired) electrons. The molecule has 24 heavy (non-hydrogen) atoms. The summed E-state index contributed by atoms with van der Waals surface area (Å²) < 4.78 is 10.5. The molecule has 3 nitrogen and oxygen atoms in total. The van der Waals surface area contributed by atoms with Crippen molar-refractivity contribution in [3.63, 3.8) is 0 Å². The lowest BCUT2D eigenvalue weighted by Gasteiger charge is -2.07. The highest BCUT2D eigenvalue weighted by atomic mass is 16.5. The molecular weight excluding hydrogens is 300 g/mol. The predicted molar refractivity (Wildman–Crippen MR) is 97.6 cm³/mol. The number of rotatable bonds is 9. The molecule has 126 valence electrons. The summed E-state index contributed by atoms with van der Waals surface area (Å²) in [5.41, 5.74) is 2.25. The number of hydrogen-bond acceptors (Lipinski definition) is 3. The van der Waals surface area contributed by atoms with Gasteiger partial charge in [-0.05, 0) is 48.6 Å². The zero-order chi connectivity index (χ0) is 17.2. The molecule has 2 rings (SSSR count). The van der Waals surface area contributed by atoms with E-state index < -0.39 is 0 Å². The van der Waals surface area contributed by atoms with Gasteiger partial charge in [0, 0.05) is 6.42 Å². The van der Waals surface area contributed by atoms with Crippen molar-refractivity contribution in [1.29, 1.82) is 0 Å². The third-order valence-electron chi connectivity index (χ3n) is 3.85. The molecule has 0 aliphatic carbocycles. The Labute approximate surface area is 143 Å². The van der Waals surface area contributed by atoms with E-state index in [0.717, 1.165) is 24.8 Å². The van der Waals surface area contributed by atoms with Gasteiger partial charge in [-0.25, -0.2) is 0 Å². The third kappa shape index (κ3) is 5.58. The van der Waals surface area contributed by atoms with Crippen LogP contribution in [-0.4, -0.2) is 20.0 Å². The Morgan fingerprint density at radius 2 is 1.71 bits per heavy atom. The van der Waals surface area contributed by atoms with Crippen LogP contribution in [0.15, 0.2) is 54.6 Å². The molecule has 0 bridgehead atoms. The first-order chi connectivity index (χ1) is 11.7. The molecule has 2 aromatic carbocycles. The molecule has 0 heterocycles. The summed E-state index contributed by atoms with van der Waals surface area (Å²) in [4.78, 5) is 12.0. The fourth-order valence-corrected chi connectivity index (χ4v) is 2.50. The van der Waals surface area contributed by atoms with Crippen molar-refractivity contribution in [2.24, 2.45) is 0 Å². The Hall–Kier alpha value is -2.55. The van der Waals surface area contributed by atoms with Crippen molar-refractivity contribution in [2.75, 3.05) is 14.2 Å². The molecule has 0 saturated heterocycles. The first kappa shape index (κ1) is 17.8. The first-order valence-electron chi connectivity index (χ1n) is 8.20. The molecule has 0 aliphatic rings. The molecule has 0 aliphatic heterocycles. The van der Waals surface area contributed by atoms with E-state index in [1.165, 1.54) is 5.56 Å². The van der Waals surface area contributed by atoms with E-state index in [4.69, 9.17) is 9.47 Å². The van der Waals surface area contributed by atoms with Gasteiger partial charge in [0.1, 0.15) is 0 Å². The predicted octanol–water partition coefficient (Wildman–Crippen LogP) is 4.70. The maximum atomic E-state index is 12.0. The van der Waals surface area contributed by atoms with Gasteiger partial charge in [0.25, 0.3) is 0 Å². The van der Waals surface area contributed by atoms with Crippen molar-refractivity contribution >= 4 is 11.9 Å². The Morgan fingerprint density at radius 1 is 0.958 bits per heavy atom. The lowest BCUT2D eigenvalue weighted by molar-refractivity contribution is -0.114. The minimum atomic E-state index is 0.151. The van der Waals surface area contributed by atoms with Crippen LogP contribution in [0, 0.1) is 0 Å². The van der Waals surface area contributed by atoms with Crippen LogP contribution < -0.4 is 9.47 Å². The van der Waals surface area contributed by atoms with Crippen LogP contribution >= 0.6 is 0 Å². The molecule has 0 atom stereocenters. The van der Waals surface area contributed by atoms with Crippen LogP contribution in [0.2, 0.25) is 0 Å². The fourth-order valence-electron chi connectivity index (χ4n) is 2.50. The highest BCUT2D eigenvalue weighted by Gasteiger charge is 2.03. The number of benzene rings is 2. The molecule has 0 N–H and O–H groups in total. The Kier molecular flexibility index (Phi) is 7.09. The van der Waals surface area contributed by atoms with E-state index in [1.54, 1.807) is 20.3 Å². The number of ketones is 1. The standard InChI is InChI=1S/C21H24O3/c1-23-20-15-13-18(16-21(20)24-2)12-14-19(22)11-7-6-10-17-8-4-3-5-9-17/h3-5,8-9,12-16H,6-7,10-11H2,1-2H3/b14-12+. The number of methoxy groups -OCH3 is 2. The Bertz CT molecular complexity index is 675. The van der Waals surface area contributed by atoms with Gasteiger partial charge >= 0.3 is 0 Å². The minimum Gasteiger partial charge on any atom is -0.493 e. The Morgan fingerprint density at radius 3 is 2.42 bits per heavy atom. The molecule has 3 heteroatoms. The van der Waals surface area contributed by atoms with Gasteiger partial charge < -0.3 is 9.47 Å². The average molecular weight is 324 g/mol. The summed E-state index contributed by atoms with van der Waals surface area (Å²) in [6.07, 6.45) is 7.00. The van der Waals surface area contributed by atoms with E-state index in [9.17, 15) is 4.79 Å². The second-order valence-electron chi connectivity index (χ2n) is 5.61. The normalized spacial score (nSPS) is 10.8. The van der Waals surface area contributed by atoms with Gasteiger partial charge in [-0.15, -0.1) is 0 Å². The number of carbonyl (C=O) groups excluding carboxylic acids is 1. The number of allylic oxidation sites excluding steroid dienone is 1. The SMILES string of the molecule is COc1ccc(/C=C/C(=O)CCCCc2ccccc2)cc1OC. The molecule has 0 spiro atoms. The van der Waals surface area contributed by atoms with Crippen LogP contribution in [0.25, 0.3) is 6.08 Å². The van der Waals surface area contributed by atoms with Crippen LogP contribution in [0.4, 0.5) is 0 Å². The molecular formula is C21H24O3. The summed E-state index contributed by atoms with van der Waals surface area (Å²) in [7, 11) is 3.20. The first-order valence-corrected chi connectivity index (χ1v) is 8.20. The highest BCUT2D eigenvalue weighted by molar-refractivity contribution is 5.93. The lowest BCUT2D eigenvalue weighted by atomic mass is 10.1. The van der Waals surface area contributed by atoms with Crippen molar-refractivity contribution in [2.45, 2.75) is 25.7 Å². The average Bonchev–Trinajstić information content (AvgIpc) is 2.64. The van der Waals surface area contributed by atoms with Gasteiger partial charge in [0.2, 0.25) is 0 Å². The second kappa shape index (κ2) is 9.56. The number of ether oxygens (including phenoxy) is 2. The van der Waals surface area contributed by atoms with Gasteiger partial charge in [-0.3, -0.25) is 4.79 Å². The number of hydrogen-bond donors (Lipinski definition) is 0.